The average molecular weight is 331 g/mol. The molecular formula is C18H29N5O. The van der Waals surface area contributed by atoms with Gasteiger partial charge in [0.1, 0.15) is 0 Å². The fraction of sp³-hybridized carbons (Fsp3) is 0.611. The Morgan fingerprint density at radius 3 is 2.83 bits per heavy atom. The van der Waals surface area contributed by atoms with Crippen LogP contribution in [0.15, 0.2) is 29.4 Å². The number of likely N-dealkylation sites (tertiary alicyclic amines) is 1. The molecule has 0 spiro atoms. The van der Waals surface area contributed by atoms with Crippen LogP contribution in [-0.4, -0.2) is 66.9 Å². The van der Waals surface area contributed by atoms with E-state index in [9.17, 15) is 4.79 Å². The van der Waals surface area contributed by atoms with E-state index in [2.05, 4.69) is 34.0 Å². The van der Waals surface area contributed by atoms with Gasteiger partial charge in [0.05, 0.1) is 6.54 Å². The molecule has 1 aromatic heterocycles. The fourth-order valence-electron chi connectivity index (χ4n) is 2.87. The molecule has 0 aliphatic carbocycles. The molecule has 1 aromatic rings. The van der Waals surface area contributed by atoms with E-state index >= 15 is 0 Å². The lowest BCUT2D eigenvalue weighted by Gasteiger charge is -2.24. The van der Waals surface area contributed by atoms with Gasteiger partial charge < -0.3 is 15.1 Å². The maximum Gasteiger partial charge on any atom is 0.241 e. The summed E-state index contributed by atoms with van der Waals surface area (Å²) in [6.45, 7) is 7.40. The number of rotatable bonds is 5. The molecular weight excluding hydrogens is 302 g/mol. The molecule has 0 unspecified atom stereocenters. The topological polar surface area (TPSA) is 60.8 Å². The van der Waals surface area contributed by atoms with Crippen LogP contribution in [0.25, 0.3) is 0 Å². The first-order valence-corrected chi connectivity index (χ1v) is 8.51. The number of amides is 1. The normalized spacial score (nSPS) is 17.0. The van der Waals surface area contributed by atoms with Crippen molar-refractivity contribution < 1.29 is 4.79 Å². The molecule has 1 saturated heterocycles. The summed E-state index contributed by atoms with van der Waals surface area (Å²) in [7, 11) is 3.59. The Morgan fingerprint density at radius 1 is 1.46 bits per heavy atom. The van der Waals surface area contributed by atoms with E-state index in [0.29, 0.717) is 12.0 Å². The molecule has 1 amide bonds. The van der Waals surface area contributed by atoms with Gasteiger partial charge in [0.25, 0.3) is 0 Å². The minimum absolute atomic E-state index is 0.0607. The molecule has 6 nitrogen and oxygen atoms in total. The fourth-order valence-corrected chi connectivity index (χ4v) is 2.87. The van der Waals surface area contributed by atoms with Crippen molar-refractivity contribution in [3.8, 4) is 0 Å². The van der Waals surface area contributed by atoms with Crippen LogP contribution in [0.1, 0.15) is 26.0 Å². The molecule has 0 atom stereocenters. The lowest BCUT2D eigenvalue weighted by molar-refractivity contribution is -0.128. The minimum Gasteiger partial charge on any atom is -0.347 e. The lowest BCUT2D eigenvalue weighted by Crippen LogP contribution is -2.45. The zero-order valence-corrected chi connectivity index (χ0v) is 15.2. The summed E-state index contributed by atoms with van der Waals surface area (Å²) in [5, 5.41) is 3.20. The number of pyridine rings is 1. The van der Waals surface area contributed by atoms with Crippen molar-refractivity contribution in [1.29, 1.82) is 0 Å². The number of carbonyl (C=O) groups is 1. The third kappa shape index (κ3) is 5.22. The number of likely N-dealkylation sites (N-methyl/N-ethyl adjacent to an activating group) is 1. The molecule has 0 bridgehead atoms. The Morgan fingerprint density at radius 2 is 2.25 bits per heavy atom. The van der Waals surface area contributed by atoms with Gasteiger partial charge in [0.2, 0.25) is 5.91 Å². The standard InChI is InChI=1S/C18H29N5O/c1-18(2)9-12-23(14-18)17(19-3)21-13-16(24)22(4)11-8-15-7-5-6-10-20-15/h5-7,10H,8-9,11-14H2,1-4H3,(H,19,21). The summed E-state index contributed by atoms with van der Waals surface area (Å²) in [6.07, 6.45) is 3.68. The SMILES string of the molecule is CN=C(NCC(=O)N(C)CCc1ccccn1)N1CCC(C)(C)C1. The predicted molar refractivity (Wildman–Crippen MR) is 96.9 cm³/mol. The van der Waals surface area contributed by atoms with Crippen molar-refractivity contribution in [2.24, 2.45) is 10.4 Å². The number of nitrogens with zero attached hydrogens (tertiary/aromatic N) is 4. The number of guanidine groups is 1. The molecule has 1 aliphatic rings. The van der Waals surface area contributed by atoms with Crippen molar-refractivity contribution in [2.75, 3.05) is 40.3 Å². The summed E-state index contributed by atoms with van der Waals surface area (Å²) in [5.41, 5.74) is 1.31. The number of nitrogens with one attached hydrogen (secondary N) is 1. The van der Waals surface area contributed by atoms with E-state index in [1.165, 1.54) is 0 Å². The Balaban J connectivity index is 1.77. The van der Waals surface area contributed by atoms with Crippen LogP contribution >= 0.6 is 0 Å². The quantitative estimate of drug-likeness (QED) is 0.654. The van der Waals surface area contributed by atoms with Crippen LogP contribution in [-0.2, 0) is 11.2 Å². The number of aliphatic imine (C=N–C) groups is 1. The van der Waals surface area contributed by atoms with Crippen LogP contribution in [0.2, 0.25) is 0 Å². The second-order valence-electron chi connectivity index (χ2n) is 7.12. The molecule has 1 N–H and O–H groups in total. The number of hydrogen-bond acceptors (Lipinski definition) is 3. The average Bonchev–Trinajstić information content (AvgIpc) is 2.93. The van der Waals surface area contributed by atoms with Gasteiger partial charge in [-0.1, -0.05) is 19.9 Å². The Bertz CT molecular complexity index is 570. The summed E-state index contributed by atoms with van der Waals surface area (Å²) < 4.78 is 0. The highest BCUT2D eigenvalue weighted by Gasteiger charge is 2.31. The molecule has 2 heterocycles. The lowest BCUT2D eigenvalue weighted by atomic mass is 9.93. The molecule has 0 radical (unpaired) electrons. The van der Waals surface area contributed by atoms with Gasteiger partial charge in [0, 0.05) is 52.0 Å². The summed E-state index contributed by atoms with van der Waals surface area (Å²) in [4.78, 5) is 24.9. The molecule has 132 valence electrons. The monoisotopic (exact) mass is 331 g/mol. The third-order valence-electron chi connectivity index (χ3n) is 4.44. The second-order valence-corrected chi connectivity index (χ2v) is 7.12. The highest BCUT2D eigenvalue weighted by atomic mass is 16.2. The number of aromatic nitrogens is 1. The Labute approximate surface area is 145 Å². The maximum atomic E-state index is 12.3. The largest absolute Gasteiger partial charge is 0.347 e. The first-order chi connectivity index (χ1) is 11.4. The van der Waals surface area contributed by atoms with Gasteiger partial charge in [-0.15, -0.1) is 0 Å². The molecule has 0 aromatic carbocycles. The van der Waals surface area contributed by atoms with Crippen LogP contribution in [0.3, 0.4) is 0 Å². The van der Waals surface area contributed by atoms with Gasteiger partial charge >= 0.3 is 0 Å². The number of carbonyl (C=O) groups excluding carboxylic acids is 1. The highest BCUT2D eigenvalue weighted by Crippen LogP contribution is 2.28. The molecule has 1 fully saturated rings. The summed E-state index contributed by atoms with van der Waals surface area (Å²) in [5.74, 6) is 0.873. The molecule has 24 heavy (non-hydrogen) atoms. The summed E-state index contributed by atoms with van der Waals surface area (Å²) >= 11 is 0. The first-order valence-electron chi connectivity index (χ1n) is 8.51. The van der Waals surface area contributed by atoms with Gasteiger partial charge in [-0.2, -0.15) is 0 Å². The number of hydrogen-bond donors (Lipinski definition) is 1. The van der Waals surface area contributed by atoms with Crippen LogP contribution in [0.5, 0.6) is 0 Å². The predicted octanol–water partition coefficient (Wildman–Crippen LogP) is 1.39. The van der Waals surface area contributed by atoms with E-state index in [-0.39, 0.29) is 12.5 Å². The smallest absolute Gasteiger partial charge is 0.241 e. The van der Waals surface area contributed by atoms with Crippen molar-refractivity contribution in [2.45, 2.75) is 26.7 Å². The van der Waals surface area contributed by atoms with E-state index in [0.717, 1.165) is 37.6 Å². The van der Waals surface area contributed by atoms with Gasteiger partial charge in [-0.3, -0.25) is 14.8 Å². The van der Waals surface area contributed by atoms with Gasteiger partial charge in [0.15, 0.2) is 5.96 Å². The van der Waals surface area contributed by atoms with Crippen molar-refractivity contribution >= 4 is 11.9 Å². The van der Waals surface area contributed by atoms with E-state index in [1.54, 1.807) is 18.1 Å². The second kappa shape index (κ2) is 8.13. The third-order valence-corrected chi connectivity index (χ3v) is 4.44. The molecule has 0 saturated carbocycles. The van der Waals surface area contributed by atoms with Crippen LogP contribution < -0.4 is 5.32 Å². The summed E-state index contributed by atoms with van der Waals surface area (Å²) in [6, 6.07) is 5.84. The van der Waals surface area contributed by atoms with Crippen LogP contribution in [0, 0.1) is 5.41 Å². The van der Waals surface area contributed by atoms with Gasteiger partial charge in [-0.05, 0) is 24.0 Å². The molecule has 1 aliphatic heterocycles. The first kappa shape index (κ1) is 18.2. The van der Waals surface area contributed by atoms with Gasteiger partial charge in [-0.25, -0.2) is 0 Å². The Hall–Kier alpha value is -2.11. The Kier molecular flexibility index (Phi) is 6.17. The van der Waals surface area contributed by atoms with E-state index in [1.807, 2.05) is 25.2 Å². The van der Waals surface area contributed by atoms with Crippen molar-refractivity contribution in [1.82, 2.24) is 20.1 Å². The molecule has 2 rings (SSSR count). The highest BCUT2D eigenvalue weighted by molar-refractivity contribution is 5.86. The minimum atomic E-state index is 0.0607. The zero-order chi connectivity index (χ0) is 17.6. The van der Waals surface area contributed by atoms with Crippen LogP contribution in [0.4, 0.5) is 0 Å². The van der Waals surface area contributed by atoms with E-state index in [4.69, 9.17) is 0 Å². The zero-order valence-electron chi connectivity index (χ0n) is 15.2. The molecule has 6 heteroatoms. The van der Waals surface area contributed by atoms with E-state index < -0.39 is 0 Å². The van der Waals surface area contributed by atoms with Crippen molar-refractivity contribution in [3.63, 3.8) is 0 Å². The van der Waals surface area contributed by atoms with Crippen molar-refractivity contribution in [3.05, 3.63) is 30.1 Å². The maximum absolute atomic E-state index is 12.3.